The number of nitrogens with one attached hydrogen (secondary N) is 1. The molecule has 0 spiro atoms. The molecule has 7 heteroatoms. The molecule has 1 aromatic rings. The van der Waals surface area contributed by atoms with E-state index in [0.717, 1.165) is 6.07 Å². The van der Waals surface area contributed by atoms with Crippen molar-refractivity contribution in [1.29, 1.82) is 0 Å². The fraction of sp³-hybridized carbons (Fsp3) is 0.500. The van der Waals surface area contributed by atoms with Crippen LogP contribution in [0.5, 0.6) is 0 Å². The van der Waals surface area contributed by atoms with Crippen molar-refractivity contribution in [2.75, 3.05) is 5.73 Å². The van der Waals surface area contributed by atoms with Crippen LogP contribution in [0, 0.1) is 15.9 Å². The molecule has 0 aliphatic heterocycles. The van der Waals surface area contributed by atoms with Gasteiger partial charge in [-0.25, -0.2) is 4.39 Å². The van der Waals surface area contributed by atoms with E-state index in [1.165, 1.54) is 0 Å². The lowest BCUT2D eigenvalue weighted by Crippen LogP contribution is -2.47. The summed E-state index contributed by atoms with van der Waals surface area (Å²) < 4.78 is 13.5. The van der Waals surface area contributed by atoms with E-state index in [0.29, 0.717) is 25.3 Å². The van der Waals surface area contributed by atoms with Gasteiger partial charge in [0.1, 0.15) is 11.5 Å². The quantitative estimate of drug-likeness (QED) is 0.479. The van der Waals surface area contributed by atoms with Gasteiger partial charge in [-0.2, -0.15) is 0 Å². The zero-order chi connectivity index (χ0) is 16.2. The minimum absolute atomic E-state index is 0.207. The van der Waals surface area contributed by atoms with E-state index in [1.807, 2.05) is 20.8 Å². The summed E-state index contributed by atoms with van der Waals surface area (Å²) in [5.41, 5.74) is 4.07. The molecular formula is C14H20FN3O3. The number of hydrogen-bond acceptors (Lipinski definition) is 4. The van der Waals surface area contributed by atoms with Gasteiger partial charge in [0, 0.05) is 5.54 Å². The van der Waals surface area contributed by atoms with Crippen LogP contribution in [-0.2, 0) is 0 Å². The van der Waals surface area contributed by atoms with Crippen LogP contribution in [0.25, 0.3) is 0 Å². The molecule has 0 aromatic heterocycles. The molecule has 0 aliphatic carbocycles. The number of halogens is 1. The Morgan fingerprint density at radius 3 is 2.29 bits per heavy atom. The number of nitro groups is 1. The number of nitrogens with two attached hydrogens (primary N) is 1. The summed E-state index contributed by atoms with van der Waals surface area (Å²) in [6, 6.07) is 1.63. The van der Waals surface area contributed by atoms with Gasteiger partial charge in [-0.3, -0.25) is 14.9 Å². The second-order valence-electron chi connectivity index (χ2n) is 4.94. The van der Waals surface area contributed by atoms with Crippen molar-refractivity contribution in [3.8, 4) is 0 Å². The number of benzene rings is 1. The number of nitro benzene ring substituents is 1. The second-order valence-corrected chi connectivity index (χ2v) is 4.94. The first kappa shape index (κ1) is 16.9. The van der Waals surface area contributed by atoms with Crippen LogP contribution in [0.1, 0.15) is 50.4 Å². The van der Waals surface area contributed by atoms with E-state index < -0.39 is 27.9 Å². The standard InChI is InChI=1S/C14H20FN3O3/c1-4-14(5-2,6-3)17-13(19)10-7-9(15)8-11(12(10)16)18(20)21/h7-8H,4-6,16H2,1-3H3,(H,17,19). The van der Waals surface area contributed by atoms with Crippen LogP contribution in [0.2, 0.25) is 0 Å². The molecular weight excluding hydrogens is 277 g/mol. The van der Waals surface area contributed by atoms with E-state index in [2.05, 4.69) is 5.32 Å². The van der Waals surface area contributed by atoms with E-state index in [-0.39, 0.29) is 11.3 Å². The fourth-order valence-electron chi connectivity index (χ4n) is 2.27. The number of nitrogen functional groups attached to an aromatic ring is 1. The van der Waals surface area contributed by atoms with Gasteiger partial charge in [0.05, 0.1) is 16.6 Å². The van der Waals surface area contributed by atoms with Crippen LogP contribution < -0.4 is 11.1 Å². The molecule has 0 saturated carbocycles. The lowest BCUT2D eigenvalue weighted by atomic mass is 9.89. The van der Waals surface area contributed by atoms with Crippen LogP contribution in [0.15, 0.2) is 12.1 Å². The van der Waals surface area contributed by atoms with Gasteiger partial charge in [-0.15, -0.1) is 0 Å². The summed E-state index contributed by atoms with van der Waals surface area (Å²) in [5.74, 6) is -1.46. The highest BCUT2D eigenvalue weighted by Crippen LogP contribution is 2.28. The summed E-state index contributed by atoms with van der Waals surface area (Å²) in [5, 5.41) is 13.7. The lowest BCUT2D eigenvalue weighted by molar-refractivity contribution is -0.384. The van der Waals surface area contributed by atoms with Crippen molar-refractivity contribution in [3.05, 3.63) is 33.6 Å². The maximum atomic E-state index is 13.5. The summed E-state index contributed by atoms with van der Waals surface area (Å²) >= 11 is 0. The monoisotopic (exact) mass is 297 g/mol. The first-order valence-corrected chi connectivity index (χ1v) is 6.86. The van der Waals surface area contributed by atoms with Crippen LogP contribution in [0.4, 0.5) is 15.8 Å². The van der Waals surface area contributed by atoms with Crippen LogP contribution in [0.3, 0.4) is 0 Å². The topological polar surface area (TPSA) is 98.3 Å². The zero-order valence-corrected chi connectivity index (χ0v) is 12.4. The van der Waals surface area contributed by atoms with E-state index >= 15 is 0 Å². The highest BCUT2D eigenvalue weighted by atomic mass is 19.1. The highest BCUT2D eigenvalue weighted by Gasteiger charge is 2.29. The summed E-state index contributed by atoms with van der Waals surface area (Å²) in [4.78, 5) is 22.3. The predicted molar refractivity (Wildman–Crippen MR) is 78.5 cm³/mol. The van der Waals surface area contributed by atoms with Crippen LogP contribution >= 0.6 is 0 Å². The highest BCUT2D eigenvalue weighted by molar-refractivity contribution is 6.01. The third-order valence-corrected chi connectivity index (χ3v) is 3.97. The second kappa shape index (κ2) is 6.51. The first-order valence-electron chi connectivity index (χ1n) is 6.86. The minimum Gasteiger partial charge on any atom is -0.393 e. The smallest absolute Gasteiger partial charge is 0.295 e. The Hall–Kier alpha value is -2.18. The van der Waals surface area contributed by atoms with Crippen molar-refractivity contribution in [1.82, 2.24) is 5.32 Å². The van der Waals surface area contributed by atoms with Gasteiger partial charge in [-0.05, 0) is 25.3 Å². The van der Waals surface area contributed by atoms with E-state index in [9.17, 15) is 19.3 Å². The molecule has 0 aliphatic rings. The number of hydrogen-bond donors (Lipinski definition) is 2. The number of rotatable bonds is 6. The predicted octanol–water partition coefficient (Wildman–Crippen LogP) is 3.01. The molecule has 1 amide bonds. The maximum absolute atomic E-state index is 13.5. The van der Waals surface area contributed by atoms with Crippen molar-refractivity contribution in [2.45, 2.75) is 45.6 Å². The number of amides is 1. The molecule has 0 radical (unpaired) electrons. The Labute approximate surface area is 122 Å². The number of anilines is 1. The van der Waals surface area contributed by atoms with Gasteiger partial charge in [-0.1, -0.05) is 20.8 Å². The molecule has 6 nitrogen and oxygen atoms in total. The molecule has 1 aromatic carbocycles. The SMILES string of the molecule is CCC(CC)(CC)NC(=O)c1cc(F)cc([N+](=O)[O-])c1N. The largest absolute Gasteiger partial charge is 0.393 e. The fourth-order valence-corrected chi connectivity index (χ4v) is 2.27. The average Bonchev–Trinajstić information content (AvgIpc) is 2.46. The number of carbonyl (C=O) groups is 1. The Morgan fingerprint density at radius 1 is 1.33 bits per heavy atom. The molecule has 0 fully saturated rings. The van der Waals surface area contributed by atoms with Crippen molar-refractivity contribution >= 4 is 17.3 Å². The molecule has 0 atom stereocenters. The Bertz CT molecular complexity index is 548. The van der Waals surface area contributed by atoms with Crippen molar-refractivity contribution < 1.29 is 14.1 Å². The lowest BCUT2D eigenvalue weighted by Gasteiger charge is -2.32. The first-order chi connectivity index (χ1) is 9.80. The normalized spacial score (nSPS) is 11.2. The summed E-state index contributed by atoms with van der Waals surface area (Å²) in [7, 11) is 0. The Morgan fingerprint density at radius 2 is 1.86 bits per heavy atom. The summed E-state index contributed by atoms with van der Waals surface area (Å²) in [6.45, 7) is 5.81. The third kappa shape index (κ3) is 3.48. The molecule has 21 heavy (non-hydrogen) atoms. The Kier molecular flexibility index (Phi) is 5.23. The van der Waals surface area contributed by atoms with Gasteiger partial charge < -0.3 is 11.1 Å². The number of nitrogens with zero attached hydrogens (tertiary/aromatic N) is 1. The average molecular weight is 297 g/mol. The molecule has 0 heterocycles. The number of carbonyl (C=O) groups excluding carboxylic acids is 1. The molecule has 0 unspecified atom stereocenters. The molecule has 116 valence electrons. The van der Waals surface area contributed by atoms with Gasteiger partial charge in [0.15, 0.2) is 0 Å². The van der Waals surface area contributed by atoms with Crippen molar-refractivity contribution in [2.24, 2.45) is 0 Å². The third-order valence-electron chi connectivity index (χ3n) is 3.97. The maximum Gasteiger partial charge on any atom is 0.295 e. The molecule has 1 rings (SSSR count). The van der Waals surface area contributed by atoms with Gasteiger partial charge in [0.25, 0.3) is 11.6 Å². The van der Waals surface area contributed by atoms with Gasteiger partial charge >= 0.3 is 0 Å². The van der Waals surface area contributed by atoms with Crippen LogP contribution in [-0.4, -0.2) is 16.4 Å². The van der Waals surface area contributed by atoms with E-state index in [4.69, 9.17) is 5.73 Å². The van der Waals surface area contributed by atoms with Crippen molar-refractivity contribution in [3.63, 3.8) is 0 Å². The zero-order valence-electron chi connectivity index (χ0n) is 12.4. The molecule has 3 N–H and O–H groups in total. The molecule has 0 bridgehead atoms. The molecule has 0 saturated heterocycles. The van der Waals surface area contributed by atoms with E-state index in [1.54, 1.807) is 0 Å². The summed E-state index contributed by atoms with van der Waals surface area (Å²) in [6.07, 6.45) is 2.09. The Balaban J connectivity index is 3.22. The van der Waals surface area contributed by atoms with Gasteiger partial charge in [0.2, 0.25) is 0 Å². The minimum atomic E-state index is -0.865.